The van der Waals surface area contributed by atoms with Crippen molar-refractivity contribution in [2.24, 2.45) is 0 Å². The fourth-order valence-corrected chi connectivity index (χ4v) is 5.11. The van der Waals surface area contributed by atoms with Crippen LogP contribution < -0.4 is 11.0 Å². The van der Waals surface area contributed by atoms with Crippen LogP contribution >= 0.6 is 0 Å². The molecule has 244 valence electrons. The van der Waals surface area contributed by atoms with E-state index >= 15 is 0 Å². The minimum atomic E-state index is -1.28. The lowest BCUT2D eigenvalue weighted by molar-refractivity contribution is -0.165. The second kappa shape index (κ2) is 20.8. The number of aromatic nitrogens is 2. The molecule has 1 amide bonds. The number of halogens is 1. The first-order chi connectivity index (χ1) is 20.7. The van der Waals surface area contributed by atoms with E-state index in [1.807, 2.05) is 0 Å². The average Bonchev–Trinajstić information content (AvgIpc) is 3.32. The topological polar surface area (TPSA) is 135 Å². The second-order valence-corrected chi connectivity index (χ2v) is 11.1. The van der Waals surface area contributed by atoms with Crippen LogP contribution in [0.15, 0.2) is 11.0 Å². The highest BCUT2D eigenvalue weighted by Crippen LogP contribution is 2.29. The molecule has 1 aliphatic rings. The zero-order valence-electron chi connectivity index (χ0n) is 26.1. The van der Waals surface area contributed by atoms with Gasteiger partial charge in [0.15, 0.2) is 30.1 Å². The number of carbonyl (C=O) groups excluding carboxylic acids is 3. The van der Waals surface area contributed by atoms with Crippen LogP contribution in [0.5, 0.6) is 0 Å². The van der Waals surface area contributed by atoms with Gasteiger partial charge in [-0.25, -0.2) is 14.0 Å². The van der Waals surface area contributed by atoms with E-state index < -0.39 is 53.8 Å². The Bertz CT molecular complexity index is 1050. The molecule has 12 heteroatoms. The third-order valence-electron chi connectivity index (χ3n) is 7.33. The normalized spacial score (nSPS) is 17.9. The summed E-state index contributed by atoms with van der Waals surface area (Å²) in [5.74, 6) is -2.97. The third-order valence-corrected chi connectivity index (χ3v) is 7.33. The minimum Gasteiger partial charge on any atom is -0.456 e. The Hall–Kier alpha value is -3.02. The van der Waals surface area contributed by atoms with E-state index in [-0.39, 0.29) is 13.2 Å². The number of carbonyl (C=O) groups is 3. The quantitative estimate of drug-likeness (QED) is 0.0928. The van der Waals surface area contributed by atoms with Gasteiger partial charge in [0.05, 0.1) is 19.4 Å². The molecule has 3 unspecified atom stereocenters. The molecule has 0 bridgehead atoms. The molecule has 1 N–H and O–H groups in total. The predicted octanol–water partition coefficient (Wildman–Crippen LogP) is 6.58. The number of amides is 1. The van der Waals surface area contributed by atoms with E-state index in [9.17, 15) is 23.6 Å². The monoisotopic (exact) mass is 611 g/mol. The van der Waals surface area contributed by atoms with Gasteiger partial charge in [-0.2, -0.15) is 4.98 Å². The zero-order chi connectivity index (χ0) is 31.5. The summed E-state index contributed by atoms with van der Waals surface area (Å²) < 4.78 is 36.3. The lowest BCUT2D eigenvalue weighted by Crippen LogP contribution is -2.39. The van der Waals surface area contributed by atoms with Gasteiger partial charge in [-0.3, -0.25) is 19.5 Å². The Kier molecular flexibility index (Phi) is 17.5. The van der Waals surface area contributed by atoms with Crippen molar-refractivity contribution in [2.75, 3.05) is 18.5 Å². The molecule has 43 heavy (non-hydrogen) atoms. The molecule has 1 aromatic heterocycles. The van der Waals surface area contributed by atoms with Crippen molar-refractivity contribution in [3.8, 4) is 0 Å². The van der Waals surface area contributed by atoms with Crippen LogP contribution in [0.3, 0.4) is 0 Å². The van der Waals surface area contributed by atoms with Gasteiger partial charge in [-0.05, 0) is 6.42 Å². The van der Waals surface area contributed by atoms with E-state index in [1.54, 1.807) is 0 Å². The second-order valence-electron chi connectivity index (χ2n) is 11.1. The molecule has 0 aliphatic carbocycles. The maximum Gasteiger partial charge on any atom is 0.412 e. The van der Waals surface area contributed by atoms with E-state index in [0.29, 0.717) is 6.42 Å². The summed E-state index contributed by atoms with van der Waals surface area (Å²) >= 11 is 0. The maximum atomic E-state index is 14.7. The van der Waals surface area contributed by atoms with E-state index in [0.717, 1.165) is 37.0 Å². The van der Waals surface area contributed by atoms with Crippen molar-refractivity contribution in [1.29, 1.82) is 0 Å². The first kappa shape index (κ1) is 36.2. The van der Waals surface area contributed by atoms with Crippen molar-refractivity contribution in [2.45, 2.75) is 142 Å². The van der Waals surface area contributed by atoms with Gasteiger partial charge in [0.2, 0.25) is 0 Å². The Morgan fingerprint density at radius 2 is 1.40 bits per heavy atom. The van der Waals surface area contributed by atoms with Gasteiger partial charge >= 0.3 is 23.7 Å². The third kappa shape index (κ3) is 14.3. The summed E-state index contributed by atoms with van der Waals surface area (Å²) in [6, 6.07) is 0. The molecule has 0 radical (unpaired) electrons. The van der Waals surface area contributed by atoms with Crippen molar-refractivity contribution in [3.63, 3.8) is 0 Å². The van der Waals surface area contributed by atoms with Crippen molar-refractivity contribution < 1.29 is 37.7 Å². The largest absolute Gasteiger partial charge is 0.456 e. The van der Waals surface area contributed by atoms with Gasteiger partial charge in [0, 0.05) is 13.8 Å². The first-order valence-electron chi connectivity index (χ1n) is 15.9. The Morgan fingerprint density at radius 3 is 1.91 bits per heavy atom. The van der Waals surface area contributed by atoms with Crippen molar-refractivity contribution >= 4 is 23.8 Å². The van der Waals surface area contributed by atoms with E-state index in [1.165, 1.54) is 84.0 Å². The van der Waals surface area contributed by atoms with Crippen LogP contribution in [0.25, 0.3) is 0 Å². The highest BCUT2D eigenvalue weighted by atomic mass is 19.1. The Morgan fingerprint density at radius 1 is 0.884 bits per heavy atom. The molecule has 0 spiro atoms. The summed E-state index contributed by atoms with van der Waals surface area (Å²) in [6.07, 6.45) is 16.2. The molecule has 11 nitrogen and oxygen atoms in total. The van der Waals surface area contributed by atoms with Gasteiger partial charge in [-0.15, -0.1) is 0 Å². The maximum absolute atomic E-state index is 14.7. The average molecular weight is 612 g/mol. The fourth-order valence-electron chi connectivity index (χ4n) is 5.11. The molecule has 1 fully saturated rings. The molecule has 0 saturated carbocycles. The summed E-state index contributed by atoms with van der Waals surface area (Å²) in [6.45, 7) is 4.55. The number of rotatable bonds is 21. The van der Waals surface area contributed by atoms with E-state index in [2.05, 4.69) is 17.2 Å². The molecule has 1 aromatic rings. The number of nitrogens with zero attached hydrogens (tertiary/aromatic N) is 2. The van der Waals surface area contributed by atoms with Crippen LogP contribution in [0, 0.1) is 5.82 Å². The van der Waals surface area contributed by atoms with Crippen molar-refractivity contribution in [1.82, 2.24) is 9.55 Å². The highest BCUT2D eigenvalue weighted by Gasteiger charge is 2.44. The highest BCUT2D eigenvalue weighted by molar-refractivity contribution is 5.83. The van der Waals surface area contributed by atoms with E-state index in [4.69, 9.17) is 18.9 Å². The number of hydrogen-bond donors (Lipinski definition) is 1. The first-order valence-corrected chi connectivity index (χ1v) is 15.9. The lowest BCUT2D eigenvalue weighted by atomic mass is 10.0. The number of unbranched alkanes of at least 4 members (excludes halogenated alkanes) is 15. The summed E-state index contributed by atoms with van der Waals surface area (Å²) in [5.41, 5.74) is -0.972. The Labute approximate surface area is 254 Å². The van der Waals surface area contributed by atoms with Crippen molar-refractivity contribution in [3.05, 3.63) is 22.5 Å². The number of ether oxygens (including phenoxy) is 4. The van der Waals surface area contributed by atoms with Crippen LogP contribution in [0.4, 0.5) is 15.0 Å². The van der Waals surface area contributed by atoms with Crippen LogP contribution in [-0.4, -0.2) is 53.0 Å². The predicted molar refractivity (Wildman–Crippen MR) is 159 cm³/mol. The lowest BCUT2D eigenvalue weighted by Gasteiger charge is -2.23. The Balaban J connectivity index is 1.62. The van der Waals surface area contributed by atoms with Crippen LogP contribution in [0.2, 0.25) is 0 Å². The van der Waals surface area contributed by atoms with Gasteiger partial charge in [0.1, 0.15) is 0 Å². The minimum absolute atomic E-state index is 0.167. The van der Waals surface area contributed by atoms with Gasteiger partial charge in [-0.1, -0.05) is 103 Å². The summed E-state index contributed by atoms with van der Waals surface area (Å²) in [7, 11) is 0. The molecule has 3 atom stereocenters. The zero-order valence-corrected chi connectivity index (χ0v) is 26.1. The number of anilines is 1. The molecule has 0 aromatic carbocycles. The SMILES string of the molecule is CCCCCCCCCCCCCCCCCCOC(=O)Nc1nc(=O)n(C2OCC(OC(C)=O)C2OC(C)=O)cc1F. The summed E-state index contributed by atoms with van der Waals surface area (Å²) in [4.78, 5) is 51.2. The standard InChI is InChI=1S/C31H50FN3O8/c1-4-5-6-7-8-9-10-11-12-13-14-15-16-17-18-19-20-40-31(39)34-28-25(32)21-35(30(38)33-28)29-27(43-24(3)37)26(22-41-29)42-23(2)36/h21,26-27,29H,4-20,22H2,1-3H3,(H,33,34,38,39). The summed E-state index contributed by atoms with van der Waals surface area (Å²) in [5, 5.41) is 2.15. The van der Waals surface area contributed by atoms with Gasteiger partial charge in [0.25, 0.3) is 0 Å². The molecular weight excluding hydrogens is 561 g/mol. The molecule has 1 saturated heterocycles. The molecule has 1 aliphatic heterocycles. The molecule has 2 rings (SSSR count). The van der Waals surface area contributed by atoms with Crippen LogP contribution in [-0.2, 0) is 28.5 Å². The van der Waals surface area contributed by atoms with Crippen LogP contribution in [0.1, 0.15) is 130 Å². The molecule has 2 heterocycles. The smallest absolute Gasteiger partial charge is 0.412 e. The number of nitrogens with one attached hydrogen (secondary N) is 1. The number of esters is 2. The molecular formula is C31H50FN3O8. The fraction of sp³-hybridized carbons (Fsp3) is 0.774. The number of hydrogen-bond acceptors (Lipinski definition) is 9. The van der Waals surface area contributed by atoms with Gasteiger partial charge < -0.3 is 18.9 Å².